The predicted octanol–water partition coefficient (Wildman–Crippen LogP) is 0.941. The summed E-state index contributed by atoms with van der Waals surface area (Å²) in [5.74, 6) is 2.29. The van der Waals surface area contributed by atoms with Crippen LogP contribution in [0.3, 0.4) is 0 Å². The first-order valence-electron chi connectivity index (χ1n) is 7.54. The first-order chi connectivity index (χ1) is 10.8. The Bertz CT molecular complexity index is 762. The average molecular weight is 298 g/mol. The molecule has 1 atom stereocenters. The van der Waals surface area contributed by atoms with Crippen molar-refractivity contribution in [1.82, 2.24) is 34.3 Å². The van der Waals surface area contributed by atoms with Crippen molar-refractivity contribution in [1.29, 1.82) is 0 Å². The van der Waals surface area contributed by atoms with Gasteiger partial charge in [-0.05, 0) is 25.7 Å². The molecule has 0 aromatic carbocycles. The van der Waals surface area contributed by atoms with Crippen molar-refractivity contribution in [2.75, 3.05) is 18.0 Å². The fourth-order valence-corrected chi connectivity index (χ4v) is 3.15. The first-order valence-corrected chi connectivity index (χ1v) is 7.54. The smallest absolute Gasteiger partial charge is 0.254 e. The minimum Gasteiger partial charge on any atom is -0.356 e. The van der Waals surface area contributed by atoms with Crippen LogP contribution in [-0.2, 0) is 6.54 Å². The fourth-order valence-electron chi connectivity index (χ4n) is 3.15. The van der Waals surface area contributed by atoms with Gasteiger partial charge in [0.15, 0.2) is 0 Å². The Hall–Kier alpha value is -2.51. The molecule has 3 aromatic heterocycles. The molecule has 0 saturated carbocycles. The van der Waals surface area contributed by atoms with E-state index in [0.717, 1.165) is 37.6 Å². The summed E-state index contributed by atoms with van der Waals surface area (Å²) in [5, 5.41) is 8.52. The molecule has 0 amide bonds. The molecule has 0 unspecified atom stereocenters. The van der Waals surface area contributed by atoms with E-state index in [9.17, 15) is 0 Å². The van der Waals surface area contributed by atoms with E-state index >= 15 is 0 Å². The summed E-state index contributed by atoms with van der Waals surface area (Å²) in [6.07, 6.45) is 7.30. The lowest BCUT2D eigenvalue weighted by Gasteiger charge is -2.34. The third-order valence-corrected chi connectivity index (χ3v) is 4.12. The van der Waals surface area contributed by atoms with Gasteiger partial charge >= 0.3 is 0 Å². The summed E-state index contributed by atoms with van der Waals surface area (Å²) < 4.78 is 3.74. The maximum absolute atomic E-state index is 4.41. The minimum atomic E-state index is 0.558. The third kappa shape index (κ3) is 2.40. The van der Waals surface area contributed by atoms with Crippen molar-refractivity contribution in [3.8, 4) is 0 Å². The summed E-state index contributed by atoms with van der Waals surface area (Å²) in [6, 6.07) is 2.08. The minimum absolute atomic E-state index is 0.558. The third-order valence-electron chi connectivity index (χ3n) is 4.12. The van der Waals surface area contributed by atoms with Crippen molar-refractivity contribution >= 4 is 11.6 Å². The molecule has 1 fully saturated rings. The van der Waals surface area contributed by atoms with Crippen molar-refractivity contribution in [2.45, 2.75) is 26.3 Å². The van der Waals surface area contributed by atoms with E-state index in [4.69, 9.17) is 0 Å². The topological polar surface area (TPSA) is 77.0 Å². The van der Waals surface area contributed by atoms with Gasteiger partial charge in [0.25, 0.3) is 5.78 Å². The van der Waals surface area contributed by atoms with Gasteiger partial charge in [0.2, 0.25) is 0 Å². The highest BCUT2D eigenvalue weighted by Crippen LogP contribution is 2.24. The molecule has 22 heavy (non-hydrogen) atoms. The van der Waals surface area contributed by atoms with Gasteiger partial charge in [0.05, 0.1) is 0 Å². The average Bonchev–Trinajstić information content (AvgIpc) is 3.18. The molecule has 0 spiro atoms. The van der Waals surface area contributed by atoms with Crippen molar-refractivity contribution < 1.29 is 0 Å². The highest BCUT2D eigenvalue weighted by atomic mass is 15.4. The van der Waals surface area contributed by atoms with Crippen LogP contribution >= 0.6 is 0 Å². The van der Waals surface area contributed by atoms with E-state index in [1.807, 2.05) is 16.1 Å². The molecule has 0 bridgehead atoms. The monoisotopic (exact) mass is 298 g/mol. The second kappa shape index (κ2) is 5.36. The van der Waals surface area contributed by atoms with Crippen LogP contribution in [0.1, 0.15) is 18.5 Å². The van der Waals surface area contributed by atoms with Crippen molar-refractivity contribution in [3.63, 3.8) is 0 Å². The lowest BCUT2D eigenvalue weighted by atomic mass is 9.98. The largest absolute Gasteiger partial charge is 0.356 e. The van der Waals surface area contributed by atoms with Crippen LogP contribution in [0, 0.1) is 12.8 Å². The van der Waals surface area contributed by atoms with Gasteiger partial charge < -0.3 is 4.90 Å². The van der Waals surface area contributed by atoms with Gasteiger partial charge in [-0.3, -0.25) is 4.68 Å². The van der Waals surface area contributed by atoms with E-state index in [2.05, 4.69) is 36.1 Å². The van der Waals surface area contributed by atoms with Crippen LogP contribution in [0.4, 0.5) is 5.82 Å². The molecule has 8 nitrogen and oxygen atoms in total. The Morgan fingerprint density at radius 1 is 1.27 bits per heavy atom. The Morgan fingerprint density at radius 2 is 2.23 bits per heavy atom. The zero-order valence-corrected chi connectivity index (χ0v) is 12.5. The quantitative estimate of drug-likeness (QED) is 0.716. The first kappa shape index (κ1) is 13.2. The number of hydrogen-bond acceptors (Lipinski definition) is 6. The number of hydrogen-bond donors (Lipinski definition) is 0. The van der Waals surface area contributed by atoms with Crippen LogP contribution in [0.15, 0.2) is 25.0 Å². The number of aromatic nitrogens is 7. The van der Waals surface area contributed by atoms with Gasteiger partial charge in [0.1, 0.15) is 24.8 Å². The Balaban J connectivity index is 1.59. The van der Waals surface area contributed by atoms with Crippen LogP contribution in [-0.4, -0.2) is 47.4 Å². The zero-order chi connectivity index (χ0) is 14.9. The zero-order valence-electron chi connectivity index (χ0n) is 12.5. The molecule has 4 heterocycles. The Morgan fingerprint density at radius 3 is 3.09 bits per heavy atom. The number of aryl methyl sites for hydroxylation is 1. The van der Waals surface area contributed by atoms with Crippen LogP contribution in [0.2, 0.25) is 0 Å². The number of rotatable bonds is 3. The highest BCUT2D eigenvalue weighted by molar-refractivity contribution is 5.47. The number of piperidine rings is 1. The molecule has 1 aliphatic rings. The van der Waals surface area contributed by atoms with E-state index in [1.54, 1.807) is 19.0 Å². The SMILES string of the molecule is Cc1cc(N2CCC[C@H](Cn3cncn3)C2)n2ncnc2n1. The molecule has 1 saturated heterocycles. The maximum atomic E-state index is 4.41. The normalized spacial score (nSPS) is 19.0. The molecule has 0 radical (unpaired) electrons. The van der Waals surface area contributed by atoms with Crippen LogP contribution in [0.5, 0.6) is 0 Å². The Kier molecular flexibility index (Phi) is 3.21. The number of anilines is 1. The van der Waals surface area contributed by atoms with E-state index < -0.39 is 0 Å². The molecule has 1 aliphatic heterocycles. The van der Waals surface area contributed by atoms with E-state index in [0.29, 0.717) is 11.7 Å². The number of nitrogens with zero attached hydrogens (tertiary/aromatic N) is 8. The molecular formula is C14H18N8. The van der Waals surface area contributed by atoms with Gasteiger partial charge in [-0.2, -0.15) is 19.7 Å². The molecule has 4 rings (SSSR count). The predicted molar refractivity (Wildman–Crippen MR) is 80.5 cm³/mol. The molecule has 0 aliphatic carbocycles. The second-order valence-electron chi connectivity index (χ2n) is 5.80. The summed E-state index contributed by atoms with van der Waals surface area (Å²) in [6.45, 7) is 4.92. The standard InChI is InChI=1S/C14H18N8/c1-11-5-13(22-14(19-11)16-9-18-22)20-4-2-3-12(6-20)7-21-10-15-8-17-21/h5,8-10,12H,2-4,6-7H2,1H3/t12-/m0/s1. The Labute approximate surface area is 127 Å². The van der Waals surface area contributed by atoms with E-state index in [-0.39, 0.29) is 0 Å². The number of fused-ring (bicyclic) bond motifs is 1. The summed E-state index contributed by atoms with van der Waals surface area (Å²) >= 11 is 0. The summed E-state index contributed by atoms with van der Waals surface area (Å²) in [7, 11) is 0. The molecule has 114 valence electrons. The molecule has 8 heteroatoms. The van der Waals surface area contributed by atoms with Gasteiger partial charge in [0, 0.05) is 31.4 Å². The summed E-state index contributed by atoms with van der Waals surface area (Å²) in [4.78, 5) is 15.0. The van der Waals surface area contributed by atoms with Gasteiger partial charge in [-0.1, -0.05) is 0 Å². The van der Waals surface area contributed by atoms with Gasteiger partial charge in [-0.25, -0.2) is 9.97 Å². The maximum Gasteiger partial charge on any atom is 0.254 e. The van der Waals surface area contributed by atoms with Crippen molar-refractivity contribution in [3.05, 3.63) is 30.7 Å². The van der Waals surface area contributed by atoms with Crippen LogP contribution in [0.25, 0.3) is 5.78 Å². The molecule has 3 aromatic rings. The lowest BCUT2D eigenvalue weighted by molar-refractivity contribution is 0.349. The molecular weight excluding hydrogens is 280 g/mol. The summed E-state index contributed by atoms with van der Waals surface area (Å²) in [5.41, 5.74) is 0.967. The second-order valence-corrected chi connectivity index (χ2v) is 5.80. The van der Waals surface area contributed by atoms with E-state index in [1.165, 1.54) is 6.42 Å². The van der Waals surface area contributed by atoms with Crippen LogP contribution < -0.4 is 4.90 Å². The fraction of sp³-hybridized carbons (Fsp3) is 0.500. The van der Waals surface area contributed by atoms with Gasteiger partial charge in [-0.15, -0.1) is 0 Å². The lowest BCUT2D eigenvalue weighted by Crippen LogP contribution is -2.38. The highest BCUT2D eigenvalue weighted by Gasteiger charge is 2.23. The van der Waals surface area contributed by atoms with Crippen molar-refractivity contribution in [2.24, 2.45) is 5.92 Å². The molecule has 0 N–H and O–H groups in total.